The molecule has 0 heterocycles. The van der Waals surface area contributed by atoms with E-state index in [-0.39, 0.29) is 17.0 Å². The molecule has 0 saturated carbocycles. The summed E-state index contributed by atoms with van der Waals surface area (Å²) in [5.41, 5.74) is -0.0766. The van der Waals surface area contributed by atoms with Crippen LogP contribution >= 0.6 is 0 Å². The summed E-state index contributed by atoms with van der Waals surface area (Å²) in [7, 11) is 0. The predicted octanol–water partition coefficient (Wildman–Crippen LogP) is 0.00200. The number of benzene rings is 2. The van der Waals surface area contributed by atoms with Gasteiger partial charge < -0.3 is 10.2 Å². The second-order valence-electron chi connectivity index (χ2n) is 4.72. The normalized spacial score (nSPS) is 10.4. The smallest absolute Gasteiger partial charge is 0.339 e. The van der Waals surface area contributed by atoms with Crippen LogP contribution in [-0.2, 0) is 8.53 Å². The number of aromatic hydroxyl groups is 2. The topological polar surface area (TPSA) is 164 Å². The van der Waals surface area contributed by atoms with Crippen molar-refractivity contribution in [1.82, 2.24) is 0 Å². The van der Waals surface area contributed by atoms with E-state index in [4.69, 9.17) is 18.4 Å². The predicted molar refractivity (Wildman–Crippen MR) is 88.0 cm³/mol. The van der Waals surface area contributed by atoms with Crippen LogP contribution in [0, 0.1) is 0 Å². The van der Waals surface area contributed by atoms with Gasteiger partial charge in [-0.2, -0.15) is 0 Å². The first-order chi connectivity index (χ1) is 11.5. The molecule has 0 aliphatic heterocycles. The number of phenols is 2. The van der Waals surface area contributed by atoms with Gasteiger partial charge in [-0.3, -0.25) is 0 Å². The Balaban J connectivity index is 0.000000271. The SMILES string of the molecule is CC(=O)Nc1cccc([As](=O)(O)O)c1O.O=C(O)c1ccccc1O. The summed E-state index contributed by atoms with van der Waals surface area (Å²) < 4.78 is 28.4. The molecule has 0 aliphatic carbocycles. The molecule has 2 aromatic rings. The largest absolute Gasteiger partial charge is 0.507 e. The van der Waals surface area contributed by atoms with Crippen molar-refractivity contribution in [2.75, 3.05) is 5.32 Å². The molecule has 10 heteroatoms. The number of rotatable bonds is 3. The van der Waals surface area contributed by atoms with E-state index in [1.165, 1.54) is 31.2 Å². The van der Waals surface area contributed by atoms with E-state index in [0.29, 0.717) is 0 Å². The van der Waals surface area contributed by atoms with Crippen LogP contribution in [0.15, 0.2) is 42.5 Å². The molecule has 0 radical (unpaired) electrons. The molecule has 0 aromatic heterocycles. The number of para-hydroxylation sites is 2. The number of carboxylic acids is 1. The van der Waals surface area contributed by atoms with Crippen LogP contribution in [-0.4, -0.2) is 49.6 Å². The average Bonchev–Trinajstić information content (AvgIpc) is 2.48. The van der Waals surface area contributed by atoms with E-state index in [9.17, 15) is 18.4 Å². The van der Waals surface area contributed by atoms with E-state index >= 15 is 0 Å². The zero-order chi connectivity index (χ0) is 19.2. The maximum atomic E-state index is 11.0. The number of anilines is 1. The molecule has 134 valence electrons. The maximum Gasteiger partial charge on any atom is 0.339 e. The number of carbonyl (C=O) groups excluding carboxylic acids is 1. The van der Waals surface area contributed by atoms with Crippen molar-refractivity contribution in [3.63, 3.8) is 0 Å². The Morgan fingerprint density at radius 2 is 1.60 bits per heavy atom. The minimum absolute atomic E-state index is 0.00951. The van der Waals surface area contributed by atoms with Gasteiger partial charge in [-0.15, -0.1) is 0 Å². The Morgan fingerprint density at radius 3 is 2.04 bits per heavy atom. The number of hydrogen-bond acceptors (Lipinski definition) is 5. The summed E-state index contributed by atoms with van der Waals surface area (Å²) in [5.74, 6) is -2.33. The Labute approximate surface area is 145 Å². The molecule has 0 aliphatic rings. The molecule has 0 saturated heterocycles. The maximum absolute atomic E-state index is 11.0. The Hall–Kier alpha value is -2.74. The minimum atomic E-state index is -5.15. The Kier molecular flexibility index (Phi) is 6.81. The summed E-state index contributed by atoms with van der Waals surface area (Å²) in [6, 6.07) is 9.64. The second kappa shape index (κ2) is 8.38. The third-order valence-electron chi connectivity index (χ3n) is 2.77. The summed E-state index contributed by atoms with van der Waals surface area (Å²) in [6.45, 7) is 1.23. The van der Waals surface area contributed by atoms with Gasteiger partial charge >= 0.3 is 94.1 Å². The number of carboxylic acid groups (broad SMARTS) is 1. The fourth-order valence-electron chi connectivity index (χ4n) is 1.71. The molecule has 2 rings (SSSR count). The van der Waals surface area contributed by atoms with Crippen molar-refractivity contribution in [1.29, 1.82) is 0 Å². The van der Waals surface area contributed by atoms with Gasteiger partial charge in [0.25, 0.3) is 0 Å². The number of aromatic carboxylic acids is 1. The van der Waals surface area contributed by atoms with Crippen molar-refractivity contribution in [2.24, 2.45) is 0 Å². The fourth-order valence-corrected chi connectivity index (χ4v) is 3.13. The molecule has 2 aromatic carbocycles. The number of carbonyl (C=O) groups is 2. The van der Waals surface area contributed by atoms with Gasteiger partial charge in [0.15, 0.2) is 0 Å². The molecule has 9 nitrogen and oxygen atoms in total. The third kappa shape index (κ3) is 6.00. The van der Waals surface area contributed by atoms with Crippen LogP contribution in [0.3, 0.4) is 0 Å². The van der Waals surface area contributed by atoms with Crippen LogP contribution in [0.5, 0.6) is 11.5 Å². The number of hydrogen-bond donors (Lipinski definition) is 6. The van der Waals surface area contributed by atoms with Crippen LogP contribution in [0.1, 0.15) is 17.3 Å². The molecule has 6 N–H and O–H groups in total. The average molecular weight is 413 g/mol. The number of phenolic OH excluding ortho intramolecular Hbond substituents is 1. The first-order valence-corrected chi connectivity index (χ1v) is 10.1. The summed E-state index contributed by atoms with van der Waals surface area (Å²) in [5, 5.41) is 29.1. The monoisotopic (exact) mass is 413 g/mol. The molecule has 1 amide bonds. The first kappa shape index (κ1) is 20.3. The van der Waals surface area contributed by atoms with Gasteiger partial charge in [-0.1, -0.05) is 12.1 Å². The minimum Gasteiger partial charge on any atom is -0.507 e. The molecule has 0 unspecified atom stereocenters. The summed E-state index contributed by atoms with van der Waals surface area (Å²) in [6.07, 6.45) is 0. The van der Waals surface area contributed by atoms with Gasteiger partial charge in [0.1, 0.15) is 11.3 Å². The molecular formula is C15H16AsNO8. The van der Waals surface area contributed by atoms with Crippen LogP contribution in [0.2, 0.25) is 0 Å². The third-order valence-corrected chi connectivity index (χ3v) is 4.85. The van der Waals surface area contributed by atoms with Gasteiger partial charge in [-0.25, -0.2) is 4.79 Å². The van der Waals surface area contributed by atoms with Crippen LogP contribution in [0.25, 0.3) is 0 Å². The zero-order valence-electron chi connectivity index (χ0n) is 12.9. The molecule has 0 atom stereocenters. The molecule has 0 fully saturated rings. The summed E-state index contributed by atoms with van der Waals surface area (Å²) >= 11 is -5.15. The van der Waals surface area contributed by atoms with E-state index in [1.807, 2.05) is 0 Å². The van der Waals surface area contributed by atoms with Crippen molar-refractivity contribution < 1.29 is 36.8 Å². The van der Waals surface area contributed by atoms with Crippen molar-refractivity contribution >= 4 is 36.1 Å². The fraction of sp³-hybridized carbons (Fsp3) is 0.0667. The van der Waals surface area contributed by atoms with Gasteiger partial charge in [0.05, 0.1) is 0 Å². The van der Waals surface area contributed by atoms with E-state index in [0.717, 1.165) is 6.07 Å². The van der Waals surface area contributed by atoms with Gasteiger partial charge in [0, 0.05) is 0 Å². The van der Waals surface area contributed by atoms with Crippen LogP contribution in [0.4, 0.5) is 5.69 Å². The van der Waals surface area contributed by atoms with E-state index in [2.05, 4.69) is 5.32 Å². The second-order valence-corrected chi connectivity index (χ2v) is 8.01. The van der Waals surface area contributed by atoms with Crippen molar-refractivity contribution in [3.05, 3.63) is 48.0 Å². The molecule has 0 bridgehead atoms. The van der Waals surface area contributed by atoms with Crippen molar-refractivity contribution in [3.8, 4) is 11.5 Å². The Morgan fingerprint density at radius 1 is 1.00 bits per heavy atom. The molecular weight excluding hydrogens is 397 g/mol. The van der Waals surface area contributed by atoms with E-state index in [1.54, 1.807) is 12.1 Å². The van der Waals surface area contributed by atoms with E-state index < -0.39 is 36.1 Å². The van der Waals surface area contributed by atoms with Crippen molar-refractivity contribution in [2.45, 2.75) is 6.92 Å². The first-order valence-electron chi connectivity index (χ1n) is 6.71. The molecule has 25 heavy (non-hydrogen) atoms. The zero-order valence-corrected chi connectivity index (χ0v) is 14.8. The summed E-state index contributed by atoms with van der Waals surface area (Å²) in [4.78, 5) is 21.0. The van der Waals surface area contributed by atoms with Gasteiger partial charge in [0.2, 0.25) is 0 Å². The molecule has 0 spiro atoms. The number of amides is 1. The van der Waals surface area contributed by atoms with Crippen LogP contribution < -0.4 is 9.67 Å². The Bertz CT molecular complexity index is 830. The quantitative estimate of drug-likeness (QED) is 0.302. The van der Waals surface area contributed by atoms with Gasteiger partial charge in [-0.05, 0) is 12.1 Å². The number of nitrogens with one attached hydrogen (secondary N) is 1. The standard InChI is InChI=1S/C8H10AsNO5.C7H6O3/c1-5(11)10-7-4-2-3-6(8(7)12)9(13,14)15;8-6-4-2-1-3-5(6)7(9)10/h2-4,12H,1H3,(H,10,11)(H2,13,14,15);1-4,8H,(H,9,10).